The minimum Gasteiger partial charge on any atom is -0.462 e. The summed E-state index contributed by atoms with van der Waals surface area (Å²) in [6.07, 6.45) is 38.1. The van der Waals surface area contributed by atoms with Crippen molar-refractivity contribution in [2.75, 3.05) is 13.2 Å². The van der Waals surface area contributed by atoms with Crippen molar-refractivity contribution in [3.63, 3.8) is 0 Å². The van der Waals surface area contributed by atoms with Crippen LogP contribution >= 0.6 is 0 Å². The summed E-state index contributed by atoms with van der Waals surface area (Å²) in [5, 5.41) is 0. The van der Waals surface area contributed by atoms with Crippen LogP contribution in [0.1, 0.15) is 253 Å². The number of hydrogen-bond acceptors (Lipinski definition) is 6. The number of esters is 3. The lowest BCUT2D eigenvalue weighted by molar-refractivity contribution is -0.167. The van der Waals surface area contributed by atoms with Gasteiger partial charge in [0.15, 0.2) is 6.10 Å². The van der Waals surface area contributed by atoms with Gasteiger partial charge in [-0.15, -0.1) is 0 Å². The standard InChI is InChI=1S/C47H90O6/c1-6-7-8-9-10-15-24-29-34-39-47(50)53-44(41-52-46(49)38-33-28-23-19-18-21-26-31-36-43(4)5)40-51-45(48)37-32-27-22-17-14-12-11-13-16-20-25-30-35-42(2)3/h42-44H,6-41H2,1-5H3/t44-/m1/s1. The highest BCUT2D eigenvalue weighted by molar-refractivity contribution is 5.71. The molecule has 0 aliphatic heterocycles. The second kappa shape index (κ2) is 40.1. The van der Waals surface area contributed by atoms with Gasteiger partial charge in [-0.3, -0.25) is 14.4 Å². The van der Waals surface area contributed by atoms with E-state index in [1.165, 1.54) is 141 Å². The van der Waals surface area contributed by atoms with Crippen LogP contribution in [-0.4, -0.2) is 37.2 Å². The second-order valence-electron chi connectivity index (χ2n) is 17.0. The zero-order chi connectivity index (χ0) is 39.0. The maximum atomic E-state index is 12.7. The number of rotatable bonds is 41. The molecule has 0 fully saturated rings. The Morgan fingerprint density at radius 1 is 0.358 bits per heavy atom. The third-order valence-electron chi connectivity index (χ3n) is 10.5. The Morgan fingerprint density at radius 3 is 0.925 bits per heavy atom. The monoisotopic (exact) mass is 751 g/mol. The van der Waals surface area contributed by atoms with Crippen molar-refractivity contribution >= 4 is 17.9 Å². The van der Waals surface area contributed by atoms with Gasteiger partial charge in [-0.1, -0.05) is 214 Å². The molecule has 314 valence electrons. The summed E-state index contributed by atoms with van der Waals surface area (Å²) in [4.78, 5) is 37.7. The molecule has 0 spiro atoms. The lowest BCUT2D eigenvalue weighted by Crippen LogP contribution is -2.30. The van der Waals surface area contributed by atoms with Crippen LogP contribution < -0.4 is 0 Å². The fraction of sp³-hybridized carbons (Fsp3) is 0.936. The molecule has 0 aromatic rings. The van der Waals surface area contributed by atoms with Crippen molar-refractivity contribution < 1.29 is 28.6 Å². The fourth-order valence-electron chi connectivity index (χ4n) is 6.93. The molecule has 0 radical (unpaired) electrons. The fourth-order valence-corrected chi connectivity index (χ4v) is 6.93. The molecule has 0 aromatic carbocycles. The Hall–Kier alpha value is -1.59. The summed E-state index contributed by atoms with van der Waals surface area (Å²) >= 11 is 0. The Bertz CT molecular complexity index is 809. The van der Waals surface area contributed by atoms with Gasteiger partial charge in [0, 0.05) is 19.3 Å². The minimum atomic E-state index is -0.760. The molecule has 0 bridgehead atoms. The molecule has 0 aliphatic carbocycles. The van der Waals surface area contributed by atoms with Gasteiger partial charge in [0.2, 0.25) is 0 Å². The minimum absolute atomic E-state index is 0.0650. The summed E-state index contributed by atoms with van der Waals surface area (Å²) < 4.78 is 16.7. The molecular formula is C47H90O6. The first-order valence-electron chi connectivity index (χ1n) is 23.2. The molecule has 6 heteroatoms. The molecule has 0 aromatic heterocycles. The number of ether oxygens (including phenoxy) is 3. The molecule has 0 amide bonds. The number of carbonyl (C=O) groups excluding carboxylic acids is 3. The van der Waals surface area contributed by atoms with Gasteiger partial charge in [-0.25, -0.2) is 0 Å². The van der Waals surface area contributed by atoms with E-state index in [9.17, 15) is 14.4 Å². The third-order valence-corrected chi connectivity index (χ3v) is 10.5. The molecule has 0 saturated heterocycles. The van der Waals surface area contributed by atoms with Gasteiger partial charge in [0.25, 0.3) is 0 Å². The van der Waals surface area contributed by atoms with E-state index in [0.717, 1.165) is 69.6 Å². The summed E-state index contributed by atoms with van der Waals surface area (Å²) in [5.74, 6) is 0.771. The Labute approximate surface area is 329 Å². The van der Waals surface area contributed by atoms with E-state index in [1.54, 1.807) is 0 Å². The normalized spacial score (nSPS) is 12.1. The maximum Gasteiger partial charge on any atom is 0.306 e. The highest BCUT2D eigenvalue weighted by Gasteiger charge is 2.19. The Morgan fingerprint density at radius 2 is 0.623 bits per heavy atom. The molecule has 0 heterocycles. The van der Waals surface area contributed by atoms with E-state index in [1.807, 2.05) is 0 Å². The molecule has 6 nitrogen and oxygen atoms in total. The molecule has 0 N–H and O–H groups in total. The van der Waals surface area contributed by atoms with Gasteiger partial charge in [-0.05, 0) is 31.1 Å². The zero-order valence-corrected chi connectivity index (χ0v) is 36.1. The second-order valence-corrected chi connectivity index (χ2v) is 17.0. The molecule has 0 unspecified atom stereocenters. The largest absolute Gasteiger partial charge is 0.462 e. The molecule has 0 rings (SSSR count). The molecule has 53 heavy (non-hydrogen) atoms. The average Bonchev–Trinajstić information content (AvgIpc) is 3.12. The summed E-state index contributed by atoms with van der Waals surface area (Å²) in [6, 6.07) is 0. The quantitative estimate of drug-likeness (QED) is 0.0352. The van der Waals surface area contributed by atoms with Crippen molar-refractivity contribution in [3.8, 4) is 0 Å². The van der Waals surface area contributed by atoms with E-state index in [2.05, 4.69) is 34.6 Å². The van der Waals surface area contributed by atoms with Gasteiger partial charge in [0.1, 0.15) is 13.2 Å². The van der Waals surface area contributed by atoms with Crippen LogP contribution in [0.3, 0.4) is 0 Å². The van der Waals surface area contributed by atoms with Crippen LogP contribution in [0.5, 0.6) is 0 Å². The Kier molecular flexibility index (Phi) is 38.9. The van der Waals surface area contributed by atoms with Gasteiger partial charge >= 0.3 is 17.9 Å². The summed E-state index contributed by atoms with van der Waals surface area (Å²) in [5.41, 5.74) is 0. The first-order chi connectivity index (χ1) is 25.7. The predicted octanol–water partition coefficient (Wildman–Crippen LogP) is 14.6. The van der Waals surface area contributed by atoms with Crippen LogP contribution in [0.15, 0.2) is 0 Å². The van der Waals surface area contributed by atoms with Crippen LogP contribution in [0.25, 0.3) is 0 Å². The lowest BCUT2D eigenvalue weighted by atomic mass is 10.0. The van der Waals surface area contributed by atoms with Crippen molar-refractivity contribution in [1.82, 2.24) is 0 Å². The van der Waals surface area contributed by atoms with E-state index >= 15 is 0 Å². The third kappa shape index (κ3) is 41.4. The van der Waals surface area contributed by atoms with Gasteiger partial charge in [-0.2, -0.15) is 0 Å². The first kappa shape index (κ1) is 51.4. The average molecular weight is 751 g/mol. The summed E-state index contributed by atoms with van der Waals surface area (Å²) in [7, 11) is 0. The molecular weight excluding hydrogens is 661 g/mol. The lowest BCUT2D eigenvalue weighted by Gasteiger charge is -2.18. The Balaban J connectivity index is 4.28. The molecule has 0 saturated carbocycles. The van der Waals surface area contributed by atoms with E-state index < -0.39 is 6.10 Å². The van der Waals surface area contributed by atoms with Gasteiger partial charge in [0.05, 0.1) is 0 Å². The molecule has 1 atom stereocenters. The highest BCUT2D eigenvalue weighted by atomic mass is 16.6. The van der Waals surface area contributed by atoms with Crippen molar-refractivity contribution in [2.45, 2.75) is 259 Å². The number of hydrogen-bond donors (Lipinski definition) is 0. The smallest absolute Gasteiger partial charge is 0.306 e. The summed E-state index contributed by atoms with van der Waals surface area (Å²) in [6.45, 7) is 11.3. The maximum absolute atomic E-state index is 12.7. The topological polar surface area (TPSA) is 78.9 Å². The van der Waals surface area contributed by atoms with Crippen LogP contribution in [0.4, 0.5) is 0 Å². The van der Waals surface area contributed by atoms with Gasteiger partial charge < -0.3 is 14.2 Å². The van der Waals surface area contributed by atoms with E-state index in [-0.39, 0.29) is 31.1 Å². The van der Waals surface area contributed by atoms with Crippen LogP contribution in [0, 0.1) is 11.8 Å². The van der Waals surface area contributed by atoms with Crippen LogP contribution in [-0.2, 0) is 28.6 Å². The highest BCUT2D eigenvalue weighted by Crippen LogP contribution is 2.16. The zero-order valence-electron chi connectivity index (χ0n) is 36.1. The van der Waals surface area contributed by atoms with E-state index in [0.29, 0.717) is 19.3 Å². The predicted molar refractivity (Wildman–Crippen MR) is 224 cm³/mol. The van der Waals surface area contributed by atoms with Crippen molar-refractivity contribution in [3.05, 3.63) is 0 Å². The number of carbonyl (C=O) groups is 3. The number of unbranched alkanes of at least 4 members (excludes halogenated alkanes) is 26. The first-order valence-corrected chi connectivity index (χ1v) is 23.2. The SMILES string of the molecule is CCCCCCCCCCCC(=O)O[C@H](COC(=O)CCCCCCCCCCCCCCC(C)C)COC(=O)CCCCCCCCCCC(C)C. The van der Waals surface area contributed by atoms with E-state index in [4.69, 9.17) is 14.2 Å². The molecule has 0 aliphatic rings. The van der Waals surface area contributed by atoms with Crippen molar-refractivity contribution in [1.29, 1.82) is 0 Å². The van der Waals surface area contributed by atoms with Crippen molar-refractivity contribution in [2.24, 2.45) is 11.8 Å². The van der Waals surface area contributed by atoms with Crippen LogP contribution in [0.2, 0.25) is 0 Å².